The maximum atomic E-state index is 5.77. The Morgan fingerprint density at radius 2 is 2.38 bits per heavy atom. The average molecular weight is 196 g/mol. The summed E-state index contributed by atoms with van der Waals surface area (Å²) in [6.07, 6.45) is 3.93. The Kier molecular flexibility index (Phi) is 3.97. The Bertz CT molecular complexity index is 283. The first-order valence-electron chi connectivity index (χ1n) is 4.44. The minimum atomic E-state index is 0.573. The van der Waals surface area contributed by atoms with Crippen LogP contribution in [0.1, 0.15) is 19.0 Å². The third-order valence-electron chi connectivity index (χ3n) is 1.90. The van der Waals surface area contributed by atoms with E-state index in [-0.39, 0.29) is 0 Å². The summed E-state index contributed by atoms with van der Waals surface area (Å²) in [7, 11) is 0. The highest BCUT2D eigenvalue weighted by atomic mass is 35.5. The van der Waals surface area contributed by atoms with Gasteiger partial charge in [0.1, 0.15) is 5.15 Å². The number of nitrogens with zero attached hydrogens (tertiary/aromatic N) is 1. The van der Waals surface area contributed by atoms with Gasteiger partial charge in [0.2, 0.25) is 0 Å². The minimum Gasteiger partial charge on any atom is -0.241 e. The van der Waals surface area contributed by atoms with E-state index >= 15 is 0 Å². The van der Waals surface area contributed by atoms with Gasteiger partial charge in [-0.05, 0) is 30.9 Å². The topological polar surface area (TPSA) is 12.9 Å². The smallest absolute Gasteiger partial charge is 0.129 e. The van der Waals surface area contributed by atoms with Crippen molar-refractivity contribution in [1.29, 1.82) is 0 Å². The molecule has 0 aliphatic carbocycles. The molecule has 1 atom stereocenters. The first-order chi connectivity index (χ1) is 6.22. The number of pyridine rings is 1. The van der Waals surface area contributed by atoms with Crippen molar-refractivity contribution in [2.24, 2.45) is 5.92 Å². The Labute approximate surface area is 84.5 Å². The summed E-state index contributed by atoms with van der Waals surface area (Å²) < 4.78 is 0. The average Bonchev–Trinajstić information content (AvgIpc) is 2.04. The number of allylic oxidation sites excluding steroid dienone is 1. The van der Waals surface area contributed by atoms with E-state index in [1.807, 2.05) is 18.2 Å². The number of aromatic nitrogens is 1. The fourth-order valence-corrected chi connectivity index (χ4v) is 1.47. The highest BCUT2D eigenvalue weighted by Gasteiger charge is 2.02. The highest BCUT2D eigenvalue weighted by molar-refractivity contribution is 6.29. The molecule has 0 radical (unpaired) electrons. The van der Waals surface area contributed by atoms with Gasteiger partial charge < -0.3 is 0 Å². The molecule has 0 spiro atoms. The van der Waals surface area contributed by atoms with Crippen LogP contribution < -0.4 is 0 Å². The molecule has 0 aromatic carbocycles. The number of halogens is 1. The quantitative estimate of drug-likeness (QED) is 0.530. The predicted octanol–water partition coefficient (Wildman–Crippen LogP) is 3.49. The number of hydrogen-bond acceptors (Lipinski definition) is 1. The second-order valence-electron chi connectivity index (χ2n) is 3.29. The van der Waals surface area contributed by atoms with Crippen LogP contribution >= 0.6 is 11.6 Å². The summed E-state index contributed by atoms with van der Waals surface area (Å²) in [4.78, 5) is 4.23. The summed E-state index contributed by atoms with van der Waals surface area (Å²) in [5.41, 5.74) is 1.06. The molecule has 2 heteroatoms. The molecule has 0 saturated carbocycles. The van der Waals surface area contributed by atoms with Crippen molar-refractivity contribution in [3.8, 4) is 0 Å². The Balaban J connectivity index is 2.58. The molecule has 1 heterocycles. The molecular weight excluding hydrogens is 182 g/mol. The first kappa shape index (κ1) is 10.3. The van der Waals surface area contributed by atoms with Crippen molar-refractivity contribution >= 4 is 11.6 Å². The third-order valence-corrected chi connectivity index (χ3v) is 2.11. The van der Waals surface area contributed by atoms with Gasteiger partial charge in [-0.1, -0.05) is 30.7 Å². The maximum Gasteiger partial charge on any atom is 0.129 e. The number of hydrogen-bond donors (Lipinski definition) is 0. The largest absolute Gasteiger partial charge is 0.241 e. The van der Waals surface area contributed by atoms with E-state index in [1.54, 1.807) is 6.07 Å². The summed E-state index contributed by atoms with van der Waals surface area (Å²) >= 11 is 5.77. The Hall–Kier alpha value is -0.820. The van der Waals surface area contributed by atoms with Crippen molar-refractivity contribution in [3.05, 3.63) is 41.7 Å². The molecule has 0 aliphatic rings. The fraction of sp³-hybridized carbons (Fsp3) is 0.364. The molecule has 0 unspecified atom stereocenters. The van der Waals surface area contributed by atoms with Gasteiger partial charge in [0, 0.05) is 5.69 Å². The van der Waals surface area contributed by atoms with Crippen molar-refractivity contribution < 1.29 is 0 Å². The van der Waals surface area contributed by atoms with Crippen LogP contribution in [0.25, 0.3) is 0 Å². The van der Waals surface area contributed by atoms with Gasteiger partial charge in [0.05, 0.1) is 0 Å². The standard InChI is InChI=1S/C11H14ClN/c1-3-5-9(2)8-10-6-4-7-11(12)13-10/h3-4,6-7,9H,1,5,8H2,2H3/t9-/m1/s1. The van der Waals surface area contributed by atoms with E-state index < -0.39 is 0 Å². The molecule has 0 amide bonds. The van der Waals surface area contributed by atoms with Gasteiger partial charge in [-0.25, -0.2) is 4.98 Å². The van der Waals surface area contributed by atoms with E-state index in [4.69, 9.17) is 11.6 Å². The first-order valence-corrected chi connectivity index (χ1v) is 4.82. The van der Waals surface area contributed by atoms with Crippen LogP contribution in [0.5, 0.6) is 0 Å². The summed E-state index contributed by atoms with van der Waals surface area (Å²) in [6, 6.07) is 5.74. The van der Waals surface area contributed by atoms with Crippen molar-refractivity contribution in [3.63, 3.8) is 0 Å². The molecular formula is C11H14ClN. The van der Waals surface area contributed by atoms with Gasteiger partial charge in [0.15, 0.2) is 0 Å². The van der Waals surface area contributed by atoms with Gasteiger partial charge in [0.25, 0.3) is 0 Å². The summed E-state index contributed by atoms with van der Waals surface area (Å²) in [5, 5.41) is 0.573. The highest BCUT2D eigenvalue weighted by Crippen LogP contribution is 2.12. The molecule has 0 fully saturated rings. The fourth-order valence-electron chi connectivity index (χ4n) is 1.29. The van der Waals surface area contributed by atoms with Crippen LogP contribution in [-0.2, 0) is 6.42 Å². The number of rotatable bonds is 4. The second kappa shape index (κ2) is 5.03. The van der Waals surface area contributed by atoms with Crippen LogP contribution in [-0.4, -0.2) is 4.98 Å². The molecule has 0 bridgehead atoms. The van der Waals surface area contributed by atoms with Gasteiger partial charge in [-0.3, -0.25) is 0 Å². The monoisotopic (exact) mass is 195 g/mol. The lowest BCUT2D eigenvalue weighted by atomic mass is 10.0. The van der Waals surface area contributed by atoms with Crippen molar-refractivity contribution in [1.82, 2.24) is 4.98 Å². The van der Waals surface area contributed by atoms with Gasteiger partial charge in [-0.2, -0.15) is 0 Å². The van der Waals surface area contributed by atoms with E-state index in [0.29, 0.717) is 11.1 Å². The SMILES string of the molecule is C=CC[C@@H](C)Cc1cccc(Cl)n1. The summed E-state index contributed by atoms with van der Waals surface area (Å²) in [5.74, 6) is 0.587. The van der Waals surface area contributed by atoms with Crippen LogP contribution in [0.2, 0.25) is 5.15 Å². The molecule has 0 N–H and O–H groups in total. The molecule has 1 rings (SSSR count). The minimum absolute atomic E-state index is 0.573. The maximum absolute atomic E-state index is 5.77. The zero-order valence-electron chi connectivity index (χ0n) is 7.83. The van der Waals surface area contributed by atoms with E-state index in [2.05, 4.69) is 18.5 Å². The van der Waals surface area contributed by atoms with Crippen molar-refractivity contribution in [2.75, 3.05) is 0 Å². The lowest BCUT2D eigenvalue weighted by Crippen LogP contribution is -2.00. The molecule has 13 heavy (non-hydrogen) atoms. The Morgan fingerprint density at radius 1 is 1.62 bits per heavy atom. The van der Waals surface area contributed by atoms with Crippen LogP contribution in [0, 0.1) is 5.92 Å². The zero-order valence-corrected chi connectivity index (χ0v) is 8.59. The Morgan fingerprint density at radius 3 is 3.00 bits per heavy atom. The van der Waals surface area contributed by atoms with E-state index in [0.717, 1.165) is 18.5 Å². The molecule has 1 nitrogen and oxygen atoms in total. The van der Waals surface area contributed by atoms with Crippen LogP contribution in [0.4, 0.5) is 0 Å². The molecule has 70 valence electrons. The lowest BCUT2D eigenvalue weighted by molar-refractivity contribution is 0.581. The van der Waals surface area contributed by atoms with Gasteiger partial charge in [-0.15, -0.1) is 6.58 Å². The third kappa shape index (κ3) is 3.60. The zero-order chi connectivity index (χ0) is 9.68. The van der Waals surface area contributed by atoms with Crippen LogP contribution in [0.3, 0.4) is 0 Å². The van der Waals surface area contributed by atoms with E-state index in [1.165, 1.54) is 0 Å². The van der Waals surface area contributed by atoms with E-state index in [9.17, 15) is 0 Å². The second-order valence-corrected chi connectivity index (χ2v) is 3.67. The predicted molar refractivity (Wildman–Crippen MR) is 56.9 cm³/mol. The molecule has 0 saturated heterocycles. The lowest BCUT2D eigenvalue weighted by Gasteiger charge is -2.07. The van der Waals surface area contributed by atoms with Crippen LogP contribution in [0.15, 0.2) is 30.9 Å². The van der Waals surface area contributed by atoms with Gasteiger partial charge >= 0.3 is 0 Å². The summed E-state index contributed by atoms with van der Waals surface area (Å²) in [6.45, 7) is 5.90. The molecule has 1 aromatic rings. The van der Waals surface area contributed by atoms with Crippen molar-refractivity contribution in [2.45, 2.75) is 19.8 Å². The normalized spacial score (nSPS) is 12.5. The molecule has 1 aromatic heterocycles. The molecule has 0 aliphatic heterocycles.